The Morgan fingerprint density at radius 1 is 1.25 bits per heavy atom. The van der Waals surface area contributed by atoms with Crippen LogP contribution in [0, 0.1) is 12.7 Å². The van der Waals surface area contributed by atoms with Crippen molar-refractivity contribution in [2.24, 2.45) is 0 Å². The van der Waals surface area contributed by atoms with Crippen LogP contribution in [-0.4, -0.2) is 5.91 Å². The number of nitrogen functional groups attached to an aromatic ring is 1. The zero-order chi connectivity index (χ0) is 14.7. The molecule has 0 atom stereocenters. The second-order valence-electron chi connectivity index (χ2n) is 4.68. The number of hydrogen-bond acceptors (Lipinski definition) is 2. The number of carbonyl (C=O) groups excluding carboxylic acids is 1. The maximum Gasteiger partial charge on any atom is 0.255 e. The maximum absolute atomic E-state index is 13.6. The average molecular weight is 272 g/mol. The number of amides is 1. The fourth-order valence-corrected chi connectivity index (χ4v) is 1.86. The van der Waals surface area contributed by atoms with Crippen LogP contribution >= 0.6 is 0 Å². The summed E-state index contributed by atoms with van der Waals surface area (Å²) in [5.74, 6) is -0.851. The molecule has 104 valence electrons. The van der Waals surface area contributed by atoms with E-state index in [0.717, 1.165) is 6.42 Å². The van der Waals surface area contributed by atoms with Crippen molar-refractivity contribution in [1.82, 2.24) is 0 Å². The van der Waals surface area contributed by atoms with Crippen molar-refractivity contribution in [3.05, 3.63) is 58.9 Å². The van der Waals surface area contributed by atoms with Crippen LogP contribution < -0.4 is 11.1 Å². The summed E-state index contributed by atoms with van der Waals surface area (Å²) in [6.07, 6.45) is 0.938. The molecule has 3 nitrogen and oxygen atoms in total. The topological polar surface area (TPSA) is 55.1 Å². The summed E-state index contributed by atoms with van der Waals surface area (Å²) in [4.78, 5) is 12.1. The van der Waals surface area contributed by atoms with Gasteiger partial charge in [-0.05, 0) is 43.2 Å². The van der Waals surface area contributed by atoms with Gasteiger partial charge in [0.15, 0.2) is 0 Å². The average Bonchev–Trinajstić information content (AvgIpc) is 2.45. The third-order valence-corrected chi connectivity index (χ3v) is 3.27. The van der Waals surface area contributed by atoms with Crippen LogP contribution in [0.25, 0.3) is 0 Å². The third-order valence-electron chi connectivity index (χ3n) is 3.27. The number of nitrogens with one attached hydrogen (secondary N) is 1. The third kappa shape index (κ3) is 2.96. The smallest absolute Gasteiger partial charge is 0.255 e. The molecule has 2 aromatic carbocycles. The van der Waals surface area contributed by atoms with Gasteiger partial charge in [0.05, 0.1) is 0 Å². The van der Waals surface area contributed by atoms with E-state index >= 15 is 0 Å². The van der Waals surface area contributed by atoms with Crippen molar-refractivity contribution >= 4 is 17.3 Å². The normalized spacial score (nSPS) is 10.3. The molecule has 0 aliphatic heterocycles. The number of benzene rings is 2. The van der Waals surface area contributed by atoms with Crippen LogP contribution in [-0.2, 0) is 6.42 Å². The quantitative estimate of drug-likeness (QED) is 0.840. The molecule has 0 aliphatic rings. The Morgan fingerprint density at radius 2 is 1.90 bits per heavy atom. The lowest BCUT2D eigenvalue weighted by atomic mass is 10.1. The first-order valence-corrected chi connectivity index (χ1v) is 6.47. The summed E-state index contributed by atoms with van der Waals surface area (Å²) in [6, 6.07) is 10.2. The highest BCUT2D eigenvalue weighted by atomic mass is 19.1. The van der Waals surface area contributed by atoms with Crippen LogP contribution in [0.1, 0.15) is 28.4 Å². The lowest BCUT2D eigenvalue weighted by Gasteiger charge is -2.08. The molecule has 20 heavy (non-hydrogen) atoms. The molecule has 0 aliphatic carbocycles. The van der Waals surface area contributed by atoms with E-state index in [1.807, 2.05) is 24.3 Å². The van der Waals surface area contributed by atoms with Crippen LogP contribution in [0.15, 0.2) is 36.4 Å². The van der Waals surface area contributed by atoms with Crippen LogP contribution in [0.4, 0.5) is 15.8 Å². The van der Waals surface area contributed by atoms with Crippen molar-refractivity contribution in [2.45, 2.75) is 20.3 Å². The van der Waals surface area contributed by atoms with Gasteiger partial charge in [-0.2, -0.15) is 0 Å². The Bertz CT molecular complexity index is 612. The number of hydrogen-bond donors (Lipinski definition) is 2. The van der Waals surface area contributed by atoms with Gasteiger partial charge in [0.25, 0.3) is 5.91 Å². The minimum absolute atomic E-state index is 0.213. The highest BCUT2D eigenvalue weighted by Gasteiger charge is 2.11. The molecule has 2 rings (SSSR count). The first-order valence-electron chi connectivity index (χ1n) is 6.47. The number of rotatable bonds is 3. The predicted octanol–water partition coefficient (Wildman–Crippen LogP) is 3.53. The molecule has 0 spiro atoms. The Hall–Kier alpha value is -2.36. The molecule has 4 heteroatoms. The minimum Gasteiger partial charge on any atom is -0.398 e. The fraction of sp³-hybridized carbons (Fsp3) is 0.188. The Balaban J connectivity index is 2.19. The van der Waals surface area contributed by atoms with Crippen molar-refractivity contribution in [2.75, 3.05) is 11.1 Å². The molecule has 0 saturated carbocycles. The van der Waals surface area contributed by atoms with Crippen molar-refractivity contribution in [3.8, 4) is 0 Å². The molecule has 0 radical (unpaired) electrons. The van der Waals surface area contributed by atoms with E-state index < -0.39 is 5.82 Å². The van der Waals surface area contributed by atoms with Gasteiger partial charge in [0.1, 0.15) is 5.82 Å². The molecule has 0 saturated heterocycles. The first-order chi connectivity index (χ1) is 9.51. The van der Waals surface area contributed by atoms with Crippen molar-refractivity contribution in [3.63, 3.8) is 0 Å². The summed E-state index contributed by atoms with van der Waals surface area (Å²) in [6.45, 7) is 3.64. The van der Waals surface area contributed by atoms with Gasteiger partial charge in [-0.15, -0.1) is 0 Å². The fourth-order valence-electron chi connectivity index (χ4n) is 1.86. The van der Waals surface area contributed by atoms with Gasteiger partial charge in [-0.1, -0.05) is 19.1 Å². The Morgan fingerprint density at radius 3 is 2.45 bits per heavy atom. The van der Waals surface area contributed by atoms with Gasteiger partial charge in [-0.25, -0.2) is 4.39 Å². The van der Waals surface area contributed by atoms with E-state index in [4.69, 9.17) is 5.73 Å². The second-order valence-corrected chi connectivity index (χ2v) is 4.68. The standard InChI is InChI=1S/C16H17FN2O/c1-3-11-4-6-13(7-5-11)19-16(20)12-8-14(17)10(2)15(18)9-12/h4-9H,3,18H2,1-2H3,(H,19,20). The van der Waals surface area contributed by atoms with E-state index in [0.29, 0.717) is 11.3 Å². The van der Waals surface area contributed by atoms with E-state index in [1.54, 1.807) is 6.92 Å². The molecule has 2 aromatic rings. The van der Waals surface area contributed by atoms with Crippen molar-refractivity contribution < 1.29 is 9.18 Å². The number of anilines is 2. The number of halogens is 1. The van der Waals surface area contributed by atoms with Gasteiger partial charge < -0.3 is 11.1 Å². The monoisotopic (exact) mass is 272 g/mol. The molecule has 1 amide bonds. The molecule has 0 aromatic heterocycles. The second kappa shape index (κ2) is 5.74. The molecular weight excluding hydrogens is 255 g/mol. The molecule has 3 N–H and O–H groups in total. The van der Waals surface area contributed by atoms with E-state index in [9.17, 15) is 9.18 Å². The first kappa shape index (κ1) is 14.1. The Labute approximate surface area is 117 Å². The largest absolute Gasteiger partial charge is 0.398 e. The zero-order valence-corrected chi connectivity index (χ0v) is 11.5. The lowest BCUT2D eigenvalue weighted by Crippen LogP contribution is -2.13. The van der Waals surface area contributed by atoms with Crippen LogP contribution in [0.5, 0.6) is 0 Å². The molecular formula is C16H17FN2O. The summed E-state index contributed by atoms with van der Waals surface area (Å²) in [7, 11) is 0. The summed E-state index contributed by atoms with van der Waals surface area (Å²) in [5.41, 5.74) is 8.38. The van der Waals surface area contributed by atoms with Crippen molar-refractivity contribution in [1.29, 1.82) is 0 Å². The Kier molecular flexibility index (Phi) is 4.03. The number of aryl methyl sites for hydroxylation is 1. The number of nitrogens with two attached hydrogens (primary N) is 1. The lowest BCUT2D eigenvalue weighted by molar-refractivity contribution is 0.102. The minimum atomic E-state index is -0.475. The highest BCUT2D eigenvalue weighted by molar-refractivity contribution is 6.04. The maximum atomic E-state index is 13.6. The van der Waals surface area contributed by atoms with E-state index in [1.165, 1.54) is 17.7 Å². The summed E-state index contributed by atoms with van der Waals surface area (Å²) >= 11 is 0. The van der Waals surface area contributed by atoms with E-state index in [2.05, 4.69) is 12.2 Å². The molecule has 0 unspecified atom stereocenters. The summed E-state index contributed by atoms with van der Waals surface area (Å²) < 4.78 is 13.6. The van der Waals surface area contributed by atoms with Gasteiger partial charge in [0.2, 0.25) is 0 Å². The zero-order valence-electron chi connectivity index (χ0n) is 11.5. The number of carbonyl (C=O) groups is 1. The summed E-state index contributed by atoms with van der Waals surface area (Å²) in [5, 5.41) is 2.72. The predicted molar refractivity (Wildman–Crippen MR) is 79.3 cm³/mol. The molecule has 0 bridgehead atoms. The van der Waals surface area contributed by atoms with Crippen LogP contribution in [0.3, 0.4) is 0 Å². The van der Waals surface area contributed by atoms with Gasteiger partial charge >= 0.3 is 0 Å². The van der Waals surface area contributed by atoms with Gasteiger partial charge in [0, 0.05) is 22.5 Å². The highest BCUT2D eigenvalue weighted by Crippen LogP contribution is 2.19. The van der Waals surface area contributed by atoms with Gasteiger partial charge in [-0.3, -0.25) is 4.79 Å². The molecule has 0 heterocycles. The SMILES string of the molecule is CCc1ccc(NC(=O)c2cc(N)c(C)c(F)c2)cc1. The van der Waals surface area contributed by atoms with Crippen LogP contribution in [0.2, 0.25) is 0 Å². The van der Waals surface area contributed by atoms with E-state index in [-0.39, 0.29) is 17.2 Å². The molecule has 0 fully saturated rings.